The Kier molecular flexibility index (Phi) is 2.90. The predicted molar refractivity (Wildman–Crippen MR) is 54.9 cm³/mol. The average Bonchev–Trinajstić information content (AvgIpc) is 2.07. The van der Waals surface area contributed by atoms with Gasteiger partial charge in [0.25, 0.3) is 0 Å². The van der Waals surface area contributed by atoms with Crippen molar-refractivity contribution in [1.29, 1.82) is 0 Å². The molecular weight excluding hydrogens is 182 g/mol. The average molecular weight is 193 g/mol. The van der Waals surface area contributed by atoms with Gasteiger partial charge in [0.15, 0.2) is 0 Å². The molecule has 6 heteroatoms. The molecule has 0 saturated carbocycles. The lowest BCUT2D eigenvalue weighted by Gasteiger charge is -2.00. The lowest BCUT2D eigenvalue weighted by molar-refractivity contribution is 0.253. The van der Waals surface area contributed by atoms with Crippen LogP contribution in [0.2, 0.25) is 0 Å². The zero-order valence-electron chi connectivity index (χ0n) is 7.40. The van der Waals surface area contributed by atoms with Crippen molar-refractivity contribution < 1.29 is 4.79 Å². The van der Waals surface area contributed by atoms with E-state index in [1.807, 2.05) is 0 Å². The molecule has 0 unspecified atom stereocenters. The molecule has 0 spiro atoms. The summed E-state index contributed by atoms with van der Waals surface area (Å²) >= 11 is 0. The molecule has 0 aliphatic carbocycles. The maximum atomic E-state index is 10.4. The van der Waals surface area contributed by atoms with Gasteiger partial charge in [0, 0.05) is 5.69 Å². The number of amides is 2. The van der Waals surface area contributed by atoms with Gasteiger partial charge in [-0.1, -0.05) is 0 Å². The molecule has 0 aromatic heterocycles. The van der Waals surface area contributed by atoms with E-state index in [2.05, 4.69) is 10.3 Å². The van der Waals surface area contributed by atoms with Gasteiger partial charge in [-0.15, -0.1) is 0 Å². The molecule has 7 N–H and O–H groups in total. The van der Waals surface area contributed by atoms with E-state index < -0.39 is 6.03 Å². The van der Waals surface area contributed by atoms with Crippen LogP contribution in [0.4, 0.5) is 16.2 Å². The number of urea groups is 1. The summed E-state index contributed by atoms with van der Waals surface area (Å²) in [5.41, 5.74) is 16.9. The van der Waals surface area contributed by atoms with Crippen LogP contribution in [0, 0.1) is 0 Å². The van der Waals surface area contributed by atoms with E-state index in [1.165, 1.54) is 0 Å². The first-order valence-corrected chi connectivity index (χ1v) is 3.84. The topological polar surface area (TPSA) is 120 Å². The van der Waals surface area contributed by atoms with Crippen molar-refractivity contribution in [2.24, 2.45) is 16.5 Å². The second-order valence-corrected chi connectivity index (χ2v) is 2.58. The molecule has 1 rings (SSSR count). The second-order valence-electron chi connectivity index (χ2n) is 2.58. The standard InChI is InChI=1S/C8H11N5O/c9-5-1-3-6(4-2-5)12-7(10)13-8(11)14/h1-4H,9H2,(H5,10,11,12,13,14). The number of aliphatic imine (C=N–C) groups is 1. The highest BCUT2D eigenvalue weighted by Crippen LogP contribution is 2.13. The van der Waals surface area contributed by atoms with Crippen LogP contribution in [0.1, 0.15) is 0 Å². The number of nitrogens with two attached hydrogens (primary N) is 3. The van der Waals surface area contributed by atoms with Crippen LogP contribution in [0.25, 0.3) is 0 Å². The predicted octanol–water partition coefficient (Wildman–Crippen LogP) is -0.117. The summed E-state index contributed by atoms with van der Waals surface area (Å²) in [5, 5.41) is 2.14. The Hall–Kier alpha value is -2.24. The van der Waals surface area contributed by atoms with Gasteiger partial charge >= 0.3 is 6.03 Å². The summed E-state index contributed by atoms with van der Waals surface area (Å²) < 4.78 is 0. The number of anilines is 1. The van der Waals surface area contributed by atoms with E-state index in [0.29, 0.717) is 11.4 Å². The third-order valence-electron chi connectivity index (χ3n) is 1.39. The highest BCUT2D eigenvalue weighted by atomic mass is 16.2. The molecule has 0 aliphatic rings. The number of hydrogen-bond donors (Lipinski definition) is 4. The molecular formula is C8H11N5O. The van der Waals surface area contributed by atoms with Crippen LogP contribution >= 0.6 is 0 Å². The second kappa shape index (κ2) is 4.13. The monoisotopic (exact) mass is 193 g/mol. The van der Waals surface area contributed by atoms with E-state index in [-0.39, 0.29) is 5.96 Å². The Balaban J connectivity index is 2.76. The smallest absolute Gasteiger partial charge is 0.318 e. The molecule has 0 radical (unpaired) electrons. The van der Waals surface area contributed by atoms with Crippen molar-refractivity contribution in [3.63, 3.8) is 0 Å². The Morgan fingerprint density at radius 2 is 1.79 bits per heavy atom. The zero-order valence-corrected chi connectivity index (χ0v) is 7.40. The van der Waals surface area contributed by atoms with Crippen LogP contribution in [-0.4, -0.2) is 12.0 Å². The molecule has 1 aromatic rings. The number of benzene rings is 1. The SMILES string of the molecule is NC(=O)NC(N)=Nc1ccc(N)cc1. The molecule has 14 heavy (non-hydrogen) atoms. The van der Waals surface area contributed by atoms with Gasteiger partial charge in [0.05, 0.1) is 5.69 Å². The number of nitrogens with zero attached hydrogens (tertiary/aromatic N) is 1. The minimum absolute atomic E-state index is 0.0535. The van der Waals surface area contributed by atoms with Crippen molar-refractivity contribution in [3.8, 4) is 0 Å². The van der Waals surface area contributed by atoms with Crippen molar-refractivity contribution in [2.75, 3.05) is 5.73 Å². The van der Waals surface area contributed by atoms with E-state index in [1.54, 1.807) is 24.3 Å². The normalized spacial score (nSPS) is 11.0. The molecule has 6 nitrogen and oxygen atoms in total. The molecule has 74 valence electrons. The van der Waals surface area contributed by atoms with E-state index >= 15 is 0 Å². The molecule has 0 bridgehead atoms. The number of nitrogen functional groups attached to an aromatic ring is 1. The number of nitrogens with one attached hydrogen (secondary N) is 1. The van der Waals surface area contributed by atoms with Gasteiger partial charge < -0.3 is 17.2 Å². The van der Waals surface area contributed by atoms with Crippen molar-refractivity contribution in [3.05, 3.63) is 24.3 Å². The summed E-state index contributed by atoms with van der Waals surface area (Å²) in [4.78, 5) is 14.3. The van der Waals surface area contributed by atoms with Gasteiger partial charge in [-0.2, -0.15) is 0 Å². The minimum Gasteiger partial charge on any atom is -0.399 e. The van der Waals surface area contributed by atoms with Gasteiger partial charge in [-0.3, -0.25) is 5.32 Å². The van der Waals surface area contributed by atoms with Crippen molar-refractivity contribution in [1.82, 2.24) is 5.32 Å². The van der Waals surface area contributed by atoms with E-state index in [4.69, 9.17) is 17.2 Å². The fourth-order valence-corrected chi connectivity index (χ4v) is 0.842. The van der Waals surface area contributed by atoms with Crippen LogP contribution < -0.4 is 22.5 Å². The Bertz CT molecular complexity index is 356. The van der Waals surface area contributed by atoms with Crippen LogP contribution in [0.5, 0.6) is 0 Å². The molecule has 2 amide bonds. The van der Waals surface area contributed by atoms with Crippen LogP contribution in [0.3, 0.4) is 0 Å². The van der Waals surface area contributed by atoms with Crippen LogP contribution in [0.15, 0.2) is 29.3 Å². The van der Waals surface area contributed by atoms with Gasteiger partial charge in [-0.25, -0.2) is 9.79 Å². The highest BCUT2D eigenvalue weighted by Gasteiger charge is 1.96. The maximum absolute atomic E-state index is 10.4. The fourth-order valence-electron chi connectivity index (χ4n) is 0.842. The summed E-state index contributed by atoms with van der Waals surface area (Å²) in [6.45, 7) is 0. The lowest BCUT2D eigenvalue weighted by Crippen LogP contribution is -2.39. The largest absolute Gasteiger partial charge is 0.399 e. The summed E-state index contributed by atoms with van der Waals surface area (Å²) in [5.74, 6) is -0.0535. The number of primary amides is 1. The molecule has 0 atom stereocenters. The lowest BCUT2D eigenvalue weighted by atomic mass is 10.3. The molecule has 0 saturated heterocycles. The Morgan fingerprint density at radius 3 is 2.29 bits per heavy atom. The first kappa shape index (κ1) is 9.85. The number of hydrogen-bond acceptors (Lipinski definition) is 3. The third-order valence-corrected chi connectivity index (χ3v) is 1.39. The number of rotatable bonds is 1. The Morgan fingerprint density at radius 1 is 1.21 bits per heavy atom. The maximum Gasteiger partial charge on any atom is 0.318 e. The van der Waals surface area contributed by atoms with Gasteiger partial charge in [-0.05, 0) is 24.3 Å². The van der Waals surface area contributed by atoms with Crippen LogP contribution in [-0.2, 0) is 0 Å². The van der Waals surface area contributed by atoms with Gasteiger partial charge in [0.1, 0.15) is 0 Å². The van der Waals surface area contributed by atoms with Crippen molar-refractivity contribution >= 4 is 23.4 Å². The summed E-state index contributed by atoms with van der Waals surface area (Å²) in [6, 6.07) is 5.95. The molecule has 0 fully saturated rings. The van der Waals surface area contributed by atoms with Gasteiger partial charge in [0.2, 0.25) is 5.96 Å². The molecule has 0 heterocycles. The Labute approximate surface area is 80.8 Å². The third kappa shape index (κ3) is 3.02. The first-order chi connectivity index (χ1) is 6.58. The minimum atomic E-state index is -0.748. The summed E-state index contributed by atoms with van der Waals surface area (Å²) in [6.07, 6.45) is 0. The number of guanidine groups is 1. The van der Waals surface area contributed by atoms with E-state index in [0.717, 1.165) is 0 Å². The zero-order chi connectivity index (χ0) is 10.6. The number of carbonyl (C=O) groups is 1. The first-order valence-electron chi connectivity index (χ1n) is 3.84. The quantitative estimate of drug-likeness (QED) is 0.283. The van der Waals surface area contributed by atoms with Crippen molar-refractivity contribution in [2.45, 2.75) is 0 Å². The highest BCUT2D eigenvalue weighted by molar-refractivity contribution is 5.95. The van der Waals surface area contributed by atoms with E-state index in [9.17, 15) is 4.79 Å². The number of carbonyl (C=O) groups excluding carboxylic acids is 1. The summed E-state index contributed by atoms with van der Waals surface area (Å²) in [7, 11) is 0. The fraction of sp³-hybridized carbons (Fsp3) is 0. The molecule has 0 aliphatic heterocycles. The molecule has 1 aromatic carbocycles.